The summed E-state index contributed by atoms with van der Waals surface area (Å²) in [6, 6.07) is 0. The summed E-state index contributed by atoms with van der Waals surface area (Å²) in [5, 5.41) is 1.12. The van der Waals surface area contributed by atoms with Gasteiger partial charge in [0, 0.05) is 18.4 Å². The minimum absolute atomic E-state index is 0.771. The molecule has 1 nitrogen and oxygen atoms in total. The fraction of sp³-hybridized carbons (Fsp3) is 1.00. The largest absolute Gasteiger partial charge is 0.306 e. The van der Waals surface area contributed by atoms with Crippen LogP contribution in [0.3, 0.4) is 0 Å². The molecule has 0 amide bonds. The molecule has 0 aliphatic heterocycles. The summed E-state index contributed by atoms with van der Waals surface area (Å²) in [5.41, 5.74) is 0. The third-order valence-electron chi connectivity index (χ3n) is 2.36. The fourth-order valence-corrected chi connectivity index (χ4v) is 2.49. The predicted octanol–water partition coefficient (Wildman–Crippen LogP) is 3.24. The normalized spacial score (nSPS) is 14.5. The summed E-state index contributed by atoms with van der Waals surface area (Å²) >= 11 is 3.58. The van der Waals surface area contributed by atoms with E-state index < -0.39 is 0 Å². The van der Waals surface area contributed by atoms with Gasteiger partial charge in [-0.15, -0.1) is 0 Å². The molecule has 0 spiro atoms. The first kappa shape index (κ1) is 13.4. The molecule has 0 rings (SSSR count). The minimum Gasteiger partial charge on any atom is -0.306 e. The van der Waals surface area contributed by atoms with Crippen LogP contribution >= 0.6 is 15.9 Å². The molecule has 0 heterocycles. The summed E-state index contributed by atoms with van der Waals surface area (Å²) < 4.78 is 0. The average Bonchev–Trinajstić information content (AvgIpc) is 1.98. The van der Waals surface area contributed by atoms with E-state index in [1.165, 1.54) is 13.1 Å². The number of alkyl halides is 1. The highest BCUT2D eigenvalue weighted by molar-refractivity contribution is 9.09. The lowest BCUT2D eigenvalue weighted by Gasteiger charge is -2.26. The highest BCUT2D eigenvalue weighted by Gasteiger charge is 2.14. The molecule has 0 bridgehead atoms. The Labute approximate surface area is 92.0 Å². The van der Waals surface area contributed by atoms with E-state index in [2.05, 4.69) is 55.6 Å². The second kappa shape index (κ2) is 6.83. The van der Waals surface area contributed by atoms with Crippen molar-refractivity contribution in [1.29, 1.82) is 0 Å². The fourth-order valence-electron chi connectivity index (χ4n) is 1.54. The quantitative estimate of drug-likeness (QED) is 0.654. The second-order valence-corrected chi connectivity index (χ2v) is 5.42. The maximum absolute atomic E-state index is 3.58. The molecule has 1 unspecified atom stereocenters. The molecule has 2 heteroatoms. The Kier molecular flexibility index (Phi) is 7.06. The maximum Gasteiger partial charge on any atom is 0.00743 e. The second-order valence-electron chi connectivity index (χ2n) is 4.77. The molecule has 1 atom stereocenters. The van der Waals surface area contributed by atoms with Gasteiger partial charge in [0.25, 0.3) is 0 Å². The van der Waals surface area contributed by atoms with Crippen molar-refractivity contribution in [3.05, 3.63) is 0 Å². The molecule has 0 aromatic carbocycles. The lowest BCUT2D eigenvalue weighted by Crippen LogP contribution is -2.32. The van der Waals surface area contributed by atoms with Crippen molar-refractivity contribution in [2.75, 3.05) is 25.5 Å². The van der Waals surface area contributed by atoms with Gasteiger partial charge in [0.15, 0.2) is 0 Å². The monoisotopic (exact) mass is 249 g/mol. The van der Waals surface area contributed by atoms with Crippen molar-refractivity contribution in [3.63, 3.8) is 0 Å². The van der Waals surface area contributed by atoms with Gasteiger partial charge in [-0.3, -0.25) is 0 Å². The van der Waals surface area contributed by atoms with E-state index in [4.69, 9.17) is 0 Å². The third-order valence-corrected chi connectivity index (χ3v) is 3.20. The zero-order chi connectivity index (χ0) is 10.4. The van der Waals surface area contributed by atoms with Crippen LogP contribution in [0.15, 0.2) is 0 Å². The van der Waals surface area contributed by atoms with Crippen molar-refractivity contribution in [2.45, 2.75) is 27.7 Å². The number of rotatable bonds is 6. The summed E-state index contributed by atoms with van der Waals surface area (Å²) in [5.74, 6) is 2.32. The van der Waals surface area contributed by atoms with Crippen LogP contribution in [0.25, 0.3) is 0 Å². The van der Waals surface area contributed by atoms with Crippen LogP contribution in [0.4, 0.5) is 0 Å². The highest BCUT2D eigenvalue weighted by atomic mass is 79.9. The van der Waals surface area contributed by atoms with E-state index in [0.29, 0.717) is 0 Å². The van der Waals surface area contributed by atoms with E-state index in [1.54, 1.807) is 0 Å². The van der Waals surface area contributed by atoms with Gasteiger partial charge in [0.2, 0.25) is 0 Å². The van der Waals surface area contributed by atoms with Crippen LogP contribution in [-0.2, 0) is 0 Å². The first-order valence-corrected chi connectivity index (χ1v) is 6.34. The minimum atomic E-state index is 0.771. The molecule has 0 aliphatic rings. The van der Waals surface area contributed by atoms with Crippen LogP contribution in [0.2, 0.25) is 0 Å². The Balaban J connectivity index is 3.79. The van der Waals surface area contributed by atoms with Crippen molar-refractivity contribution in [3.8, 4) is 0 Å². The third kappa shape index (κ3) is 6.50. The molecule has 0 saturated carbocycles. The van der Waals surface area contributed by atoms with Crippen LogP contribution < -0.4 is 0 Å². The topological polar surface area (TPSA) is 3.24 Å². The van der Waals surface area contributed by atoms with Crippen molar-refractivity contribution in [2.24, 2.45) is 17.8 Å². The number of nitrogens with zero attached hydrogens (tertiary/aromatic N) is 1. The molecule has 0 aromatic rings. The van der Waals surface area contributed by atoms with E-state index >= 15 is 0 Å². The molecule has 0 aliphatic carbocycles. The van der Waals surface area contributed by atoms with Gasteiger partial charge in [-0.1, -0.05) is 43.6 Å². The standard InChI is InChI=1S/C11H24BrN/c1-9(2)7-13(5)8-11(6-12)10(3)4/h9-11H,6-8H2,1-5H3. The number of hydrogen-bond acceptors (Lipinski definition) is 1. The lowest BCUT2D eigenvalue weighted by molar-refractivity contribution is 0.232. The van der Waals surface area contributed by atoms with E-state index in [9.17, 15) is 0 Å². The SMILES string of the molecule is CC(C)CN(C)CC(CBr)C(C)C. The van der Waals surface area contributed by atoms with Gasteiger partial charge in [0.05, 0.1) is 0 Å². The van der Waals surface area contributed by atoms with Crippen LogP contribution in [-0.4, -0.2) is 30.4 Å². The highest BCUT2D eigenvalue weighted by Crippen LogP contribution is 2.15. The van der Waals surface area contributed by atoms with Crippen molar-refractivity contribution < 1.29 is 0 Å². The summed E-state index contributed by atoms with van der Waals surface area (Å²) in [7, 11) is 2.22. The van der Waals surface area contributed by atoms with E-state index in [1.807, 2.05) is 0 Å². The van der Waals surface area contributed by atoms with E-state index in [-0.39, 0.29) is 0 Å². The smallest absolute Gasteiger partial charge is 0.00743 e. The Morgan fingerprint density at radius 2 is 1.62 bits per heavy atom. The van der Waals surface area contributed by atoms with Gasteiger partial charge in [-0.25, -0.2) is 0 Å². The Hall–Kier alpha value is 0.440. The average molecular weight is 250 g/mol. The molecule has 13 heavy (non-hydrogen) atoms. The summed E-state index contributed by atoms with van der Waals surface area (Å²) in [4.78, 5) is 2.44. The summed E-state index contributed by atoms with van der Waals surface area (Å²) in [6.45, 7) is 11.6. The molecule has 80 valence electrons. The molecular formula is C11H24BrN. The molecule has 0 radical (unpaired) electrons. The zero-order valence-corrected chi connectivity index (χ0v) is 11.3. The van der Waals surface area contributed by atoms with Gasteiger partial charge in [-0.2, -0.15) is 0 Å². The van der Waals surface area contributed by atoms with Gasteiger partial charge in [-0.05, 0) is 24.8 Å². The zero-order valence-electron chi connectivity index (χ0n) is 9.68. The molecule has 0 fully saturated rings. The van der Waals surface area contributed by atoms with Crippen LogP contribution in [0, 0.1) is 17.8 Å². The lowest BCUT2D eigenvalue weighted by atomic mass is 9.97. The van der Waals surface area contributed by atoms with Gasteiger partial charge >= 0.3 is 0 Å². The van der Waals surface area contributed by atoms with Crippen molar-refractivity contribution >= 4 is 15.9 Å². The molecular weight excluding hydrogens is 226 g/mol. The number of halogens is 1. The van der Waals surface area contributed by atoms with E-state index in [0.717, 1.165) is 23.1 Å². The first-order valence-electron chi connectivity index (χ1n) is 5.21. The molecule has 0 N–H and O–H groups in total. The predicted molar refractivity (Wildman–Crippen MR) is 64.5 cm³/mol. The molecule has 0 saturated heterocycles. The number of hydrogen-bond donors (Lipinski definition) is 0. The van der Waals surface area contributed by atoms with Crippen LogP contribution in [0.5, 0.6) is 0 Å². The van der Waals surface area contributed by atoms with Crippen molar-refractivity contribution in [1.82, 2.24) is 4.90 Å². The Bertz CT molecular complexity index is 123. The first-order chi connectivity index (χ1) is 5.97. The van der Waals surface area contributed by atoms with Gasteiger partial charge < -0.3 is 4.90 Å². The van der Waals surface area contributed by atoms with Crippen LogP contribution in [0.1, 0.15) is 27.7 Å². The summed E-state index contributed by atoms with van der Waals surface area (Å²) in [6.07, 6.45) is 0. The molecule has 0 aromatic heterocycles. The maximum atomic E-state index is 3.58. The Morgan fingerprint density at radius 1 is 1.08 bits per heavy atom. The van der Waals surface area contributed by atoms with Gasteiger partial charge in [0.1, 0.15) is 0 Å². The Morgan fingerprint density at radius 3 is 1.92 bits per heavy atom.